The smallest absolute Gasteiger partial charge is 0.234 e. The number of likely N-dealkylation sites (tertiary alicyclic amines) is 1. The van der Waals surface area contributed by atoms with E-state index in [1.54, 1.807) is 0 Å². The molecule has 1 N–H and O–H groups in total. The topological polar surface area (TPSA) is 32.3 Å². The Bertz CT molecular complexity index is 218. The predicted molar refractivity (Wildman–Crippen MR) is 56.4 cm³/mol. The highest BCUT2D eigenvalue weighted by atomic mass is 35.5. The molecular weight excluding hydrogens is 200 g/mol. The Hall–Kier alpha value is -0.280. The number of halogens is 1. The highest BCUT2D eigenvalue weighted by Gasteiger charge is 2.34. The number of hydrogen-bond acceptors (Lipinski definition) is 2. The lowest BCUT2D eigenvalue weighted by atomic mass is 10.1. The summed E-state index contributed by atoms with van der Waals surface area (Å²) in [5.41, 5.74) is 0. The summed E-state index contributed by atoms with van der Waals surface area (Å²) in [6, 6.07) is 0.865. The van der Waals surface area contributed by atoms with Gasteiger partial charge in [0.2, 0.25) is 5.91 Å². The highest BCUT2D eigenvalue weighted by molar-refractivity contribution is 6.27. The standard InChI is InChI=1S/C10H17ClN2O/c11-5-10(14)12-6-8-3-4-13(7-8)9-1-2-9/h8-9H,1-7H2,(H,12,14). The van der Waals surface area contributed by atoms with Gasteiger partial charge in [-0.2, -0.15) is 0 Å². The molecule has 0 aromatic carbocycles. The van der Waals surface area contributed by atoms with E-state index >= 15 is 0 Å². The zero-order valence-corrected chi connectivity index (χ0v) is 9.09. The minimum Gasteiger partial charge on any atom is -0.355 e. The number of rotatable bonds is 4. The molecule has 2 aliphatic rings. The summed E-state index contributed by atoms with van der Waals surface area (Å²) in [6.07, 6.45) is 3.97. The van der Waals surface area contributed by atoms with Crippen LogP contribution < -0.4 is 5.32 Å². The van der Waals surface area contributed by atoms with Crippen LogP contribution in [-0.4, -0.2) is 42.4 Å². The molecule has 1 saturated carbocycles. The van der Waals surface area contributed by atoms with Crippen molar-refractivity contribution in [1.82, 2.24) is 10.2 Å². The molecule has 4 heteroatoms. The van der Waals surface area contributed by atoms with Gasteiger partial charge in [0.15, 0.2) is 0 Å². The number of hydrogen-bond donors (Lipinski definition) is 1. The first-order chi connectivity index (χ1) is 6.79. The molecule has 0 spiro atoms. The monoisotopic (exact) mass is 216 g/mol. The van der Waals surface area contributed by atoms with Crippen LogP contribution in [-0.2, 0) is 4.79 Å². The van der Waals surface area contributed by atoms with E-state index in [1.165, 1.54) is 25.8 Å². The lowest BCUT2D eigenvalue weighted by Gasteiger charge is -2.14. The van der Waals surface area contributed by atoms with E-state index in [4.69, 9.17) is 11.6 Å². The molecule has 3 nitrogen and oxygen atoms in total. The molecule has 1 unspecified atom stereocenters. The maximum Gasteiger partial charge on any atom is 0.234 e. The fourth-order valence-electron chi connectivity index (χ4n) is 2.11. The van der Waals surface area contributed by atoms with Gasteiger partial charge in [0, 0.05) is 19.1 Å². The molecule has 1 aliphatic carbocycles. The molecule has 1 heterocycles. The maximum atomic E-state index is 10.9. The van der Waals surface area contributed by atoms with Crippen LogP contribution in [0.15, 0.2) is 0 Å². The van der Waals surface area contributed by atoms with Crippen molar-refractivity contribution in [2.45, 2.75) is 25.3 Å². The Morgan fingerprint density at radius 1 is 1.43 bits per heavy atom. The lowest BCUT2D eigenvalue weighted by Crippen LogP contribution is -2.32. The summed E-state index contributed by atoms with van der Waals surface area (Å²) >= 11 is 5.40. The van der Waals surface area contributed by atoms with Gasteiger partial charge in [0.1, 0.15) is 5.88 Å². The van der Waals surface area contributed by atoms with E-state index in [-0.39, 0.29) is 11.8 Å². The third kappa shape index (κ3) is 2.61. The van der Waals surface area contributed by atoms with Crippen LogP contribution in [0, 0.1) is 5.92 Å². The van der Waals surface area contributed by atoms with Crippen LogP contribution in [0.3, 0.4) is 0 Å². The van der Waals surface area contributed by atoms with Crippen molar-refractivity contribution >= 4 is 17.5 Å². The predicted octanol–water partition coefficient (Wildman–Crippen LogP) is 0.826. The number of nitrogens with one attached hydrogen (secondary N) is 1. The maximum absolute atomic E-state index is 10.9. The van der Waals surface area contributed by atoms with Gasteiger partial charge in [-0.25, -0.2) is 0 Å². The van der Waals surface area contributed by atoms with Crippen molar-refractivity contribution in [1.29, 1.82) is 0 Å². The van der Waals surface area contributed by atoms with E-state index in [0.717, 1.165) is 19.1 Å². The highest BCUT2D eigenvalue weighted by Crippen LogP contribution is 2.31. The Labute approximate surface area is 89.8 Å². The van der Waals surface area contributed by atoms with Crippen molar-refractivity contribution in [3.8, 4) is 0 Å². The van der Waals surface area contributed by atoms with Crippen molar-refractivity contribution in [3.05, 3.63) is 0 Å². The molecule has 0 aromatic rings. The molecular formula is C10H17ClN2O. The van der Waals surface area contributed by atoms with Gasteiger partial charge >= 0.3 is 0 Å². The fourth-order valence-corrected chi connectivity index (χ4v) is 2.20. The van der Waals surface area contributed by atoms with Gasteiger partial charge < -0.3 is 10.2 Å². The average Bonchev–Trinajstić information content (AvgIpc) is 2.95. The number of carbonyl (C=O) groups excluding carboxylic acids is 1. The zero-order valence-electron chi connectivity index (χ0n) is 8.34. The zero-order chi connectivity index (χ0) is 9.97. The van der Waals surface area contributed by atoms with Gasteiger partial charge in [-0.05, 0) is 31.7 Å². The second-order valence-corrected chi connectivity index (χ2v) is 4.59. The number of alkyl halides is 1. The van der Waals surface area contributed by atoms with Crippen molar-refractivity contribution in [2.24, 2.45) is 5.92 Å². The van der Waals surface area contributed by atoms with Crippen LogP contribution in [0.5, 0.6) is 0 Å². The summed E-state index contributed by atoms with van der Waals surface area (Å²) in [7, 11) is 0. The second-order valence-electron chi connectivity index (χ2n) is 4.32. The van der Waals surface area contributed by atoms with Crippen molar-refractivity contribution in [3.63, 3.8) is 0 Å². The fraction of sp³-hybridized carbons (Fsp3) is 0.900. The van der Waals surface area contributed by atoms with Crippen LogP contribution >= 0.6 is 11.6 Å². The van der Waals surface area contributed by atoms with E-state index in [2.05, 4.69) is 10.2 Å². The van der Waals surface area contributed by atoms with Crippen molar-refractivity contribution < 1.29 is 4.79 Å². The Morgan fingerprint density at radius 2 is 2.21 bits per heavy atom. The third-order valence-corrected chi connectivity index (χ3v) is 3.33. The minimum absolute atomic E-state index is 0.0449. The summed E-state index contributed by atoms with van der Waals surface area (Å²) in [5.74, 6) is 0.679. The first kappa shape index (κ1) is 10.2. The molecule has 0 radical (unpaired) electrons. The summed E-state index contributed by atoms with van der Waals surface area (Å²) in [6.45, 7) is 3.17. The van der Waals surface area contributed by atoms with Crippen molar-refractivity contribution in [2.75, 3.05) is 25.5 Å². The normalized spacial score (nSPS) is 27.9. The Balaban J connectivity index is 1.65. The number of amides is 1. The molecule has 0 aromatic heterocycles. The van der Waals surface area contributed by atoms with Gasteiger partial charge in [-0.3, -0.25) is 4.79 Å². The summed E-state index contributed by atoms with van der Waals surface area (Å²) in [5, 5.41) is 2.86. The van der Waals surface area contributed by atoms with E-state index in [9.17, 15) is 4.79 Å². The third-order valence-electron chi connectivity index (χ3n) is 3.09. The average molecular weight is 217 g/mol. The van der Waals surface area contributed by atoms with Gasteiger partial charge in [0.25, 0.3) is 0 Å². The molecule has 1 atom stereocenters. The van der Waals surface area contributed by atoms with E-state index in [1.807, 2.05) is 0 Å². The first-order valence-corrected chi connectivity index (χ1v) is 5.89. The lowest BCUT2D eigenvalue weighted by molar-refractivity contribution is -0.118. The molecule has 14 heavy (non-hydrogen) atoms. The van der Waals surface area contributed by atoms with Crippen LogP contribution in [0.1, 0.15) is 19.3 Å². The molecule has 1 aliphatic heterocycles. The SMILES string of the molecule is O=C(CCl)NCC1CCN(C2CC2)C1. The quantitative estimate of drug-likeness (QED) is 0.706. The molecule has 1 saturated heterocycles. The van der Waals surface area contributed by atoms with E-state index < -0.39 is 0 Å². The molecule has 80 valence electrons. The Kier molecular flexibility index (Phi) is 3.29. The molecule has 2 rings (SSSR count). The van der Waals surface area contributed by atoms with Gasteiger partial charge in [-0.15, -0.1) is 11.6 Å². The minimum atomic E-state index is -0.0449. The Morgan fingerprint density at radius 3 is 2.86 bits per heavy atom. The molecule has 0 bridgehead atoms. The van der Waals surface area contributed by atoms with Crippen LogP contribution in [0.2, 0.25) is 0 Å². The largest absolute Gasteiger partial charge is 0.355 e. The molecule has 1 amide bonds. The van der Waals surface area contributed by atoms with E-state index in [0.29, 0.717) is 5.92 Å². The second kappa shape index (κ2) is 4.49. The van der Waals surface area contributed by atoms with Gasteiger partial charge in [-0.1, -0.05) is 0 Å². The summed E-state index contributed by atoms with van der Waals surface area (Å²) < 4.78 is 0. The number of carbonyl (C=O) groups is 1. The number of nitrogens with zero attached hydrogens (tertiary/aromatic N) is 1. The molecule has 2 fully saturated rings. The van der Waals surface area contributed by atoms with Crippen LogP contribution in [0.4, 0.5) is 0 Å². The first-order valence-electron chi connectivity index (χ1n) is 5.36. The van der Waals surface area contributed by atoms with Crippen LogP contribution in [0.25, 0.3) is 0 Å². The van der Waals surface area contributed by atoms with Gasteiger partial charge in [0.05, 0.1) is 0 Å². The summed E-state index contributed by atoms with van der Waals surface area (Å²) in [4.78, 5) is 13.5.